The average molecular weight is 457 g/mol. The zero-order chi connectivity index (χ0) is 23.6. The molecule has 0 saturated heterocycles. The van der Waals surface area contributed by atoms with E-state index in [9.17, 15) is 4.79 Å². The minimum absolute atomic E-state index is 0.255. The number of nitrogens with one attached hydrogen (secondary N) is 1. The second-order valence-electron chi connectivity index (χ2n) is 8.44. The van der Waals surface area contributed by atoms with Crippen molar-refractivity contribution in [1.29, 1.82) is 0 Å². The fraction of sp³-hybridized carbons (Fsp3) is 0.276. The van der Waals surface area contributed by atoms with Crippen LogP contribution in [-0.2, 0) is 9.53 Å². The third-order valence-electron chi connectivity index (χ3n) is 5.93. The van der Waals surface area contributed by atoms with Gasteiger partial charge in [0.2, 0.25) is 6.35 Å². The molecule has 176 valence electrons. The van der Waals surface area contributed by atoms with Gasteiger partial charge < -0.3 is 15.2 Å². The molecular formula is C29H32N2O3. The molecule has 1 aliphatic rings. The number of para-hydroxylation sites is 1. The SMILES string of the molecule is O=C(O)CCCCCCCOC1NC(c2ccccc2)=C(c2ccccc2)N1c1ccccc1. The molecule has 0 amide bonds. The Labute approximate surface area is 201 Å². The second kappa shape index (κ2) is 12.1. The highest BCUT2D eigenvalue weighted by Crippen LogP contribution is 2.38. The summed E-state index contributed by atoms with van der Waals surface area (Å²) in [5, 5.41) is 12.4. The van der Waals surface area contributed by atoms with Crippen LogP contribution in [0.4, 0.5) is 5.69 Å². The molecule has 0 bridgehead atoms. The van der Waals surface area contributed by atoms with E-state index < -0.39 is 5.97 Å². The highest BCUT2D eigenvalue weighted by molar-refractivity contribution is 5.99. The second-order valence-corrected chi connectivity index (χ2v) is 8.44. The first-order valence-electron chi connectivity index (χ1n) is 12.0. The molecule has 1 aliphatic heterocycles. The minimum atomic E-state index is -0.715. The van der Waals surface area contributed by atoms with E-state index in [2.05, 4.69) is 70.9 Å². The lowest BCUT2D eigenvalue weighted by Crippen LogP contribution is -2.39. The van der Waals surface area contributed by atoms with Crippen molar-refractivity contribution in [3.8, 4) is 0 Å². The molecule has 5 heteroatoms. The number of anilines is 1. The predicted octanol–water partition coefficient (Wildman–Crippen LogP) is 6.35. The topological polar surface area (TPSA) is 61.8 Å². The van der Waals surface area contributed by atoms with Crippen LogP contribution in [0.25, 0.3) is 11.4 Å². The zero-order valence-electron chi connectivity index (χ0n) is 19.4. The van der Waals surface area contributed by atoms with Crippen molar-refractivity contribution in [3.63, 3.8) is 0 Å². The largest absolute Gasteiger partial charge is 0.481 e. The monoisotopic (exact) mass is 456 g/mol. The van der Waals surface area contributed by atoms with Crippen molar-refractivity contribution < 1.29 is 14.6 Å². The number of rotatable bonds is 12. The third-order valence-corrected chi connectivity index (χ3v) is 5.93. The first-order chi connectivity index (χ1) is 16.7. The molecule has 0 fully saturated rings. The van der Waals surface area contributed by atoms with Gasteiger partial charge in [-0.15, -0.1) is 0 Å². The normalized spacial score (nSPS) is 15.4. The first kappa shape index (κ1) is 23.6. The summed E-state index contributed by atoms with van der Waals surface area (Å²) >= 11 is 0. The van der Waals surface area contributed by atoms with Crippen LogP contribution in [0.1, 0.15) is 49.7 Å². The summed E-state index contributed by atoms with van der Waals surface area (Å²) in [6.07, 6.45) is 4.62. The molecule has 0 saturated carbocycles. The van der Waals surface area contributed by atoms with Gasteiger partial charge in [-0.05, 0) is 30.5 Å². The molecule has 0 aromatic heterocycles. The van der Waals surface area contributed by atoms with E-state index in [1.807, 2.05) is 30.3 Å². The van der Waals surface area contributed by atoms with E-state index in [0.29, 0.717) is 6.61 Å². The fourth-order valence-corrected chi connectivity index (χ4v) is 4.27. The van der Waals surface area contributed by atoms with E-state index in [4.69, 9.17) is 9.84 Å². The number of hydrogen-bond acceptors (Lipinski definition) is 4. The lowest BCUT2D eigenvalue weighted by Gasteiger charge is -2.29. The highest BCUT2D eigenvalue weighted by Gasteiger charge is 2.34. The Morgan fingerprint density at radius 2 is 1.32 bits per heavy atom. The molecule has 3 aromatic carbocycles. The van der Waals surface area contributed by atoms with Crippen LogP contribution < -0.4 is 10.2 Å². The molecule has 2 N–H and O–H groups in total. The van der Waals surface area contributed by atoms with Gasteiger partial charge in [-0.25, -0.2) is 0 Å². The number of hydrogen-bond donors (Lipinski definition) is 2. The van der Waals surface area contributed by atoms with Crippen LogP contribution >= 0.6 is 0 Å². The summed E-state index contributed by atoms with van der Waals surface area (Å²) < 4.78 is 6.40. The highest BCUT2D eigenvalue weighted by atomic mass is 16.5. The Morgan fingerprint density at radius 1 is 0.765 bits per heavy atom. The van der Waals surface area contributed by atoms with E-state index in [1.165, 1.54) is 0 Å². The van der Waals surface area contributed by atoms with Gasteiger partial charge in [0.25, 0.3) is 0 Å². The van der Waals surface area contributed by atoms with Crippen molar-refractivity contribution in [2.24, 2.45) is 0 Å². The number of benzene rings is 3. The summed E-state index contributed by atoms with van der Waals surface area (Å²) in [6.45, 7) is 0.629. The maximum absolute atomic E-state index is 10.7. The average Bonchev–Trinajstić information content (AvgIpc) is 3.26. The number of carboxylic acid groups (broad SMARTS) is 1. The van der Waals surface area contributed by atoms with Crippen LogP contribution in [0.3, 0.4) is 0 Å². The van der Waals surface area contributed by atoms with E-state index in [-0.39, 0.29) is 12.8 Å². The maximum Gasteiger partial charge on any atom is 0.303 e. The van der Waals surface area contributed by atoms with Gasteiger partial charge in [-0.3, -0.25) is 9.69 Å². The smallest absolute Gasteiger partial charge is 0.303 e. The molecule has 1 heterocycles. The van der Waals surface area contributed by atoms with Gasteiger partial charge >= 0.3 is 5.97 Å². The molecule has 0 aliphatic carbocycles. The van der Waals surface area contributed by atoms with Crippen molar-refractivity contribution in [3.05, 3.63) is 102 Å². The van der Waals surface area contributed by atoms with Crippen LogP contribution in [-0.4, -0.2) is 24.0 Å². The number of nitrogens with zero attached hydrogens (tertiary/aromatic N) is 1. The van der Waals surface area contributed by atoms with Gasteiger partial charge in [0.15, 0.2) is 0 Å². The summed E-state index contributed by atoms with van der Waals surface area (Å²) in [6, 6.07) is 31.1. The Balaban J connectivity index is 1.52. The van der Waals surface area contributed by atoms with Crippen LogP contribution in [0.15, 0.2) is 91.0 Å². The lowest BCUT2D eigenvalue weighted by molar-refractivity contribution is -0.137. The third kappa shape index (κ3) is 6.06. The first-order valence-corrected chi connectivity index (χ1v) is 12.0. The van der Waals surface area contributed by atoms with Gasteiger partial charge in [0.05, 0.1) is 18.0 Å². The molecule has 1 unspecified atom stereocenters. The lowest BCUT2D eigenvalue weighted by atomic mass is 10.0. The fourth-order valence-electron chi connectivity index (χ4n) is 4.27. The van der Waals surface area contributed by atoms with Gasteiger partial charge in [0, 0.05) is 17.7 Å². The van der Waals surface area contributed by atoms with Crippen molar-refractivity contribution in [2.45, 2.75) is 44.9 Å². The number of unbranched alkanes of at least 4 members (excludes halogenated alkanes) is 4. The van der Waals surface area contributed by atoms with E-state index in [0.717, 1.165) is 60.3 Å². The van der Waals surface area contributed by atoms with Gasteiger partial charge in [0.1, 0.15) is 0 Å². The minimum Gasteiger partial charge on any atom is -0.481 e. The summed E-state index contributed by atoms with van der Waals surface area (Å²) in [7, 11) is 0. The summed E-state index contributed by atoms with van der Waals surface area (Å²) in [5.41, 5.74) is 5.46. The molecular weight excluding hydrogens is 424 g/mol. The van der Waals surface area contributed by atoms with Crippen molar-refractivity contribution in [1.82, 2.24) is 5.32 Å². The number of aliphatic carboxylic acids is 1. The van der Waals surface area contributed by atoms with Crippen molar-refractivity contribution in [2.75, 3.05) is 11.5 Å². The van der Waals surface area contributed by atoms with Crippen LogP contribution in [0.5, 0.6) is 0 Å². The molecule has 0 spiro atoms. The molecule has 0 radical (unpaired) electrons. The Hall–Kier alpha value is -3.57. The predicted molar refractivity (Wildman–Crippen MR) is 137 cm³/mol. The molecule has 5 nitrogen and oxygen atoms in total. The molecule has 34 heavy (non-hydrogen) atoms. The zero-order valence-corrected chi connectivity index (χ0v) is 19.4. The van der Waals surface area contributed by atoms with Crippen LogP contribution in [0, 0.1) is 0 Å². The number of carbonyl (C=O) groups is 1. The Morgan fingerprint density at radius 3 is 1.97 bits per heavy atom. The van der Waals surface area contributed by atoms with Crippen LogP contribution in [0.2, 0.25) is 0 Å². The molecule has 1 atom stereocenters. The number of ether oxygens (including phenoxy) is 1. The summed E-state index contributed by atoms with van der Waals surface area (Å²) in [5.74, 6) is -0.715. The van der Waals surface area contributed by atoms with Gasteiger partial charge in [-0.2, -0.15) is 0 Å². The van der Waals surface area contributed by atoms with Crippen molar-refractivity contribution >= 4 is 23.1 Å². The van der Waals surface area contributed by atoms with E-state index >= 15 is 0 Å². The Kier molecular flexibility index (Phi) is 8.36. The molecule has 4 rings (SSSR count). The van der Waals surface area contributed by atoms with E-state index in [1.54, 1.807) is 0 Å². The number of carboxylic acids is 1. The van der Waals surface area contributed by atoms with Gasteiger partial charge in [-0.1, -0.05) is 98.1 Å². The Bertz CT molecular complexity index is 1070. The quantitative estimate of drug-likeness (QED) is 0.311. The standard InChI is InChI=1S/C29H32N2O3/c32-26(33)21-13-2-1-3-14-22-34-29-30-27(23-15-7-4-8-16-23)28(24-17-9-5-10-18-24)31(29)25-19-11-6-12-20-25/h4-12,15-20,29-30H,1-3,13-14,21-22H2,(H,32,33). The summed E-state index contributed by atoms with van der Waals surface area (Å²) in [4.78, 5) is 12.9. The maximum atomic E-state index is 10.7. The molecule has 3 aromatic rings.